The summed E-state index contributed by atoms with van der Waals surface area (Å²) in [6.45, 7) is 14.3. The first kappa shape index (κ1) is 12.3. The fourth-order valence-electron chi connectivity index (χ4n) is 1.98. The Bertz CT molecular complexity index is 260. The normalized spacial score (nSPS) is 23.4. The first-order valence-corrected chi connectivity index (χ1v) is 5.48. The molecule has 1 amide bonds. The number of alkyl carbamates (subject to hydrolysis) is 1. The van der Waals surface area contributed by atoms with Crippen LogP contribution in [0.2, 0.25) is 0 Å². The molecule has 0 unspecified atom stereocenters. The van der Waals surface area contributed by atoms with E-state index in [9.17, 15) is 4.79 Å². The van der Waals surface area contributed by atoms with Crippen LogP contribution in [0.1, 0.15) is 48.5 Å². The van der Waals surface area contributed by atoms with Gasteiger partial charge in [0.25, 0.3) is 0 Å². The number of ether oxygens (including phenoxy) is 1. The monoisotopic (exact) mass is 213 g/mol. The van der Waals surface area contributed by atoms with Gasteiger partial charge in [-0.15, -0.1) is 0 Å². The van der Waals surface area contributed by atoms with Crippen LogP contribution in [-0.2, 0) is 4.74 Å². The summed E-state index contributed by atoms with van der Waals surface area (Å²) in [4.78, 5) is 11.6. The molecule has 1 saturated carbocycles. The van der Waals surface area contributed by atoms with E-state index in [-0.39, 0.29) is 23.0 Å². The van der Waals surface area contributed by atoms with Gasteiger partial charge in [-0.05, 0) is 31.6 Å². The van der Waals surface area contributed by atoms with Crippen LogP contribution in [0.3, 0.4) is 0 Å². The molecule has 0 radical (unpaired) electrons. The highest BCUT2D eigenvalue weighted by atomic mass is 16.6. The fraction of sp³-hybridized carbons (Fsp3) is 0.917. The lowest BCUT2D eigenvalue weighted by atomic mass is 10.0. The Morgan fingerprint density at radius 3 is 1.80 bits per heavy atom. The van der Waals surface area contributed by atoms with Crippen molar-refractivity contribution >= 4 is 6.09 Å². The molecule has 0 atom stereocenters. The Morgan fingerprint density at radius 1 is 1.13 bits per heavy atom. The van der Waals surface area contributed by atoms with Crippen molar-refractivity contribution in [2.75, 3.05) is 0 Å². The predicted molar refractivity (Wildman–Crippen MR) is 60.7 cm³/mol. The van der Waals surface area contributed by atoms with Crippen LogP contribution in [0.4, 0.5) is 4.79 Å². The lowest BCUT2D eigenvalue weighted by molar-refractivity contribution is 0.0513. The first-order valence-electron chi connectivity index (χ1n) is 5.48. The van der Waals surface area contributed by atoms with Gasteiger partial charge in [0.05, 0.1) is 0 Å². The minimum absolute atomic E-state index is 0.157. The Labute approximate surface area is 92.6 Å². The Hall–Kier alpha value is -0.730. The van der Waals surface area contributed by atoms with Gasteiger partial charge in [-0.25, -0.2) is 4.79 Å². The second kappa shape index (κ2) is 3.13. The summed E-state index contributed by atoms with van der Waals surface area (Å²) in [6.07, 6.45) is -0.314. The highest BCUT2D eigenvalue weighted by Gasteiger charge is 2.65. The van der Waals surface area contributed by atoms with Crippen LogP contribution in [0.25, 0.3) is 0 Å². The third kappa shape index (κ3) is 2.27. The van der Waals surface area contributed by atoms with Crippen LogP contribution in [-0.4, -0.2) is 17.7 Å². The average molecular weight is 213 g/mol. The maximum Gasteiger partial charge on any atom is 0.407 e. The van der Waals surface area contributed by atoms with Crippen LogP contribution in [0.15, 0.2) is 0 Å². The maximum atomic E-state index is 11.6. The molecule has 0 aromatic heterocycles. The molecule has 3 nitrogen and oxygen atoms in total. The Morgan fingerprint density at radius 2 is 1.53 bits per heavy atom. The van der Waals surface area contributed by atoms with E-state index in [1.807, 2.05) is 20.8 Å². The summed E-state index contributed by atoms with van der Waals surface area (Å²) in [7, 11) is 0. The van der Waals surface area contributed by atoms with Crippen LogP contribution >= 0.6 is 0 Å². The second-order valence-electron chi connectivity index (χ2n) is 6.52. The molecule has 0 aromatic rings. The first-order chi connectivity index (χ1) is 6.48. The number of amides is 1. The van der Waals surface area contributed by atoms with E-state index < -0.39 is 5.60 Å². The Kier molecular flexibility index (Phi) is 2.57. The SMILES string of the molecule is CC(C)(C)OC(=O)NC1C(C)(C)C1(C)C. The summed E-state index contributed by atoms with van der Waals surface area (Å²) >= 11 is 0. The molecular formula is C12H23NO2. The summed E-state index contributed by atoms with van der Waals surface area (Å²) in [5.74, 6) is 0. The number of hydrogen-bond donors (Lipinski definition) is 1. The Balaban J connectivity index is 2.49. The lowest BCUT2D eigenvalue weighted by Gasteiger charge is -2.20. The zero-order valence-corrected chi connectivity index (χ0v) is 10.9. The van der Waals surface area contributed by atoms with Crippen molar-refractivity contribution in [1.29, 1.82) is 0 Å². The smallest absolute Gasteiger partial charge is 0.407 e. The van der Waals surface area contributed by atoms with E-state index in [1.54, 1.807) is 0 Å². The largest absolute Gasteiger partial charge is 0.444 e. The van der Waals surface area contributed by atoms with Crippen molar-refractivity contribution in [2.45, 2.75) is 60.1 Å². The van der Waals surface area contributed by atoms with Crippen molar-refractivity contribution in [1.82, 2.24) is 5.32 Å². The van der Waals surface area contributed by atoms with E-state index in [1.165, 1.54) is 0 Å². The number of rotatable bonds is 1. The molecule has 0 aliphatic heterocycles. The quantitative estimate of drug-likeness (QED) is 0.727. The predicted octanol–water partition coefficient (Wildman–Crippen LogP) is 2.95. The second-order valence-corrected chi connectivity index (χ2v) is 6.52. The molecule has 1 fully saturated rings. The molecule has 0 aromatic carbocycles. The number of hydrogen-bond acceptors (Lipinski definition) is 2. The summed E-state index contributed by atoms with van der Waals surface area (Å²) in [5.41, 5.74) is -0.110. The van der Waals surface area contributed by atoms with Gasteiger partial charge in [0.1, 0.15) is 5.60 Å². The lowest BCUT2D eigenvalue weighted by Crippen LogP contribution is -2.35. The van der Waals surface area contributed by atoms with Gasteiger partial charge in [0.15, 0.2) is 0 Å². The molecule has 1 rings (SSSR count). The van der Waals surface area contributed by atoms with Gasteiger partial charge >= 0.3 is 6.09 Å². The molecule has 0 bridgehead atoms. The van der Waals surface area contributed by atoms with Crippen molar-refractivity contribution in [3.8, 4) is 0 Å². The molecule has 1 N–H and O–H groups in total. The highest BCUT2D eigenvalue weighted by Crippen LogP contribution is 2.62. The van der Waals surface area contributed by atoms with Crippen molar-refractivity contribution in [3.05, 3.63) is 0 Å². The number of carbonyl (C=O) groups excluding carboxylic acids is 1. The van der Waals surface area contributed by atoms with Gasteiger partial charge in [-0.2, -0.15) is 0 Å². The van der Waals surface area contributed by atoms with E-state index in [2.05, 4.69) is 33.0 Å². The van der Waals surface area contributed by atoms with Crippen LogP contribution in [0, 0.1) is 10.8 Å². The fourth-order valence-corrected chi connectivity index (χ4v) is 1.98. The molecule has 1 aliphatic rings. The topological polar surface area (TPSA) is 38.3 Å². The minimum atomic E-state index is -0.423. The van der Waals surface area contributed by atoms with Crippen molar-refractivity contribution < 1.29 is 9.53 Å². The zero-order valence-electron chi connectivity index (χ0n) is 10.9. The number of nitrogens with one attached hydrogen (secondary N) is 1. The van der Waals surface area contributed by atoms with Gasteiger partial charge in [-0.1, -0.05) is 27.7 Å². The third-order valence-electron chi connectivity index (χ3n) is 3.68. The maximum absolute atomic E-state index is 11.6. The summed E-state index contributed by atoms with van der Waals surface area (Å²) in [5, 5.41) is 2.93. The molecule has 1 aliphatic carbocycles. The van der Waals surface area contributed by atoms with Gasteiger partial charge in [0, 0.05) is 6.04 Å². The van der Waals surface area contributed by atoms with E-state index in [0.29, 0.717) is 0 Å². The van der Waals surface area contributed by atoms with Crippen LogP contribution < -0.4 is 5.32 Å². The molecule has 0 spiro atoms. The third-order valence-corrected chi connectivity index (χ3v) is 3.68. The van der Waals surface area contributed by atoms with Gasteiger partial charge < -0.3 is 10.1 Å². The molecule has 0 heterocycles. The molecule has 3 heteroatoms. The van der Waals surface area contributed by atoms with E-state index in [4.69, 9.17) is 4.74 Å². The summed E-state index contributed by atoms with van der Waals surface area (Å²) in [6, 6.07) is 0.208. The molecule has 88 valence electrons. The highest BCUT2D eigenvalue weighted by molar-refractivity contribution is 5.69. The van der Waals surface area contributed by atoms with Crippen molar-refractivity contribution in [3.63, 3.8) is 0 Å². The standard InChI is InChI=1S/C12H23NO2/c1-10(2,3)15-9(14)13-8-11(4,5)12(8,6)7/h8H,1-7H3,(H,13,14). The molecule has 0 saturated heterocycles. The zero-order chi connectivity index (χ0) is 12.1. The molecule has 15 heavy (non-hydrogen) atoms. The number of carbonyl (C=O) groups is 1. The summed E-state index contributed by atoms with van der Waals surface area (Å²) < 4.78 is 5.23. The van der Waals surface area contributed by atoms with Crippen molar-refractivity contribution in [2.24, 2.45) is 10.8 Å². The molecular weight excluding hydrogens is 190 g/mol. The minimum Gasteiger partial charge on any atom is -0.444 e. The van der Waals surface area contributed by atoms with Gasteiger partial charge in [0.2, 0.25) is 0 Å². The van der Waals surface area contributed by atoms with E-state index in [0.717, 1.165) is 0 Å². The van der Waals surface area contributed by atoms with E-state index >= 15 is 0 Å². The van der Waals surface area contributed by atoms with Crippen LogP contribution in [0.5, 0.6) is 0 Å². The average Bonchev–Trinajstić information content (AvgIpc) is 2.28. The van der Waals surface area contributed by atoms with Gasteiger partial charge in [-0.3, -0.25) is 0 Å².